The number of aromatic nitrogens is 2. The first kappa shape index (κ1) is 12.4. The van der Waals surface area contributed by atoms with Gasteiger partial charge in [0.1, 0.15) is 5.76 Å². The number of hydrogen-bond donors (Lipinski definition) is 1. The Morgan fingerprint density at radius 3 is 2.56 bits per heavy atom. The second-order valence-electron chi connectivity index (χ2n) is 3.80. The average molecular weight is 263 g/mol. The lowest BCUT2D eigenvalue weighted by atomic mass is 10.1. The van der Waals surface area contributed by atoms with Crippen LogP contribution in [0.5, 0.6) is 0 Å². The molecular formula is C13H11ClN2O2. The molecule has 0 aliphatic carbocycles. The Morgan fingerprint density at radius 2 is 2.00 bits per heavy atom. The molecule has 92 valence electrons. The van der Waals surface area contributed by atoms with Crippen LogP contribution in [0, 0.1) is 0 Å². The SMILES string of the molecule is Cn1cc(C(O)=CC(=O)c2ccc(Cl)cc2)cn1. The highest BCUT2D eigenvalue weighted by Crippen LogP contribution is 2.14. The van der Waals surface area contributed by atoms with E-state index in [0.29, 0.717) is 16.1 Å². The van der Waals surface area contributed by atoms with E-state index >= 15 is 0 Å². The molecule has 2 rings (SSSR count). The van der Waals surface area contributed by atoms with Crippen molar-refractivity contribution >= 4 is 23.1 Å². The number of benzene rings is 1. The van der Waals surface area contributed by atoms with Gasteiger partial charge in [0.2, 0.25) is 0 Å². The standard InChI is InChI=1S/C13H11ClN2O2/c1-16-8-10(7-15-16)13(18)6-12(17)9-2-4-11(14)5-3-9/h2-8,18H,1H3. The van der Waals surface area contributed by atoms with Gasteiger partial charge in [-0.25, -0.2) is 0 Å². The zero-order valence-electron chi connectivity index (χ0n) is 9.67. The molecule has 0 aliphatic rings. The van der Waals surface area contributed by atoms with E-state index in [9.17, 15) is 9.90 Å². The van der Waals surface area contributed by atoms with E-state index in [-0.39, 0.29) is 11.5 Å². The Labute approximate surface area is 109 Å². The molecule has 0 aliphatic heterocycles. The first-order chi connectivity index (χ1) is 8.56. The van der Waals surface area contributed by atoms with Crippen LogP contribution >= 0.6 is 11.6 Å². The molecule has 0 atom stereocenters. The van der Waals surface area contributed by atoms with Crippen LogP contribution in [0.2, 0.25) is 5.02 Å². The largest absolute Gasteiger partial charge is 0.507 e. The summed E-state index contributed by atoms with van der Waals surface area (Å²) in [6, 6.07) is 6.48. The van der Waals surface area contributed by atoms with Crippen molar-refractivity contribution in [1.29, 1.82) is 0 Å². The molecule has 0 fully saturated rings. The van der Waals surface area contributed by atoms with Crippen molar-refractivity contribution in [2.75, 3.05) is 0 Å². The summed E-state index contributed by atoms with van der Waals surface area (Å²) in [4.78, 5) is 11.8. The molecule has 1 aromatic heterocycles. The minimum Gasteiger partial charge on any atom is -0.507 e. The second kappa shape index (κ2) is 5.06. The van der Waals surface area contributed by atoms with Gasteiger partial charge in [0.05, 0.1) is 11.8 Å². The van der Waals surface area contributed by atoms with E-state index in [2.05, 4.69) is 5.10 Å². The van der Waals surface area contributed by atoms with Gasteiger partial charge in [-0.2, -0.15) is 5.10 Å². The van der Waals surface area contributed by atoms with Gasteiger partial charge in [-0.05, 0) is 24.3 Å². The molecule has 0 amide bonds. The van der Waals surface area contributed by atoms with Gasteiger partial charge in [0.15, 0.2) is 5.78 Å². The quantitative estimate of drug-likeness (QED) is 0.526. The fraction of sp³-hybridized carbons (Fsp3) is 0.0769. The van der Waals surface area contributed by atoms with Crippen LogP contribution in [0.4, 0.5) is 0 Å². The molecule has 0 spiro atoms. The number of halogens is 1. The summed E-state index contributed by atoms with van der Waals surface area (Å²) in [6.45, 7) is 0. The molecule has 0 unspecified atom stereocenters. The van der Waals surface area contributed by atoms with Crippen molar-refractivity contribution < 1.29 is 9.90 Å². The van der Waals surface area contributed by atoms with Gasteiger partial charge in [0, 0.05) is 29.9 Å². The molecule has 0 radical (unpaired) electrons. The fourth-order valence-electron chi connectivity index (χ4n) is 1.46. The number of carbonyl (C=O) groups excluding carboxylic acids is 1. The van der Waals surface area contributed by atoms with Crippen molar-refractivity contribution in [3.05, 3.63) is 58.9 Å². The summed E-state index contributed by atoms with van der Waals surface area (Å²) in [6.07, 6.45) is 4.28. The van der Waals surface area contributed by atoms with Gasteiger partial charge >= 0.3 is 0 Å². The number of aryl methyl sites for hydroxylation is 1. The van der Waals surface area contributed by atoms with E-state index in [0.717, 1.165) is 0 Å². The lowest BCUT2D eigenvalue weighted by Gasteiger charge is -1.98. The molecule has 0 bridgehead atoms. The van der Waals surface area contributed by atoms with Crippen LogP contribution in [0.25, 0.3) is 5.76 Å². The molecule has 18 heavy (non-hydrogen) atoms. The maximum atomic E-state index is 11.8. The molecular weight excluding hydrogens is 252 g/mol. The first-order valence-corrected chi connectivity index (χ1v) is 5.63. The summed E-state index contributed by atoms with van der Waals surface area (Å²) in [5, 5.41) is 14.3. The zero-order valence-corrected chi connectivity index (χ0v) is 10.4. The molecule has 4 nitrogen and oxygen atoms in total. The van der Waals surface area contributed by atoms with Crippen LogP contribution in [-0.2, 0) is 7.05 Å². The maximum Gasteiger partial charge on any atom is 0.189 e. The minimum atomic E-state index is -0.284. The number of hydrogen-bond acceptors (Lipinski definition) is 3. The van der Waals surface area contributed by atoms with E-state index in [1.54, 1.807) is 42.2 Å². The highest BCUT2D eigenvalue weighted by molar-refractivity contribution is 6.30. The molecule has 0 saturated carbocycles. The third-order valence-electron chi connectivity index (χ3n) is 2.40. The zero-order chi connectivity index (χ0) is 13.1. The topological polar surface area (TPSA) is 55.1 Å². The molecule has 1 heterocycles. The van der Waals surface area contributed by atoms with Crippen LogP contribution < -0.4 is 0 Å². The van der Waals surface area contributed by atoms with Crippen molar-refractivity contribution in [1.82, 2.24) is 9.78 Å². The average Bonchev–Trinajstić information content (AvgIpc) is 2.76. The monoisotopic (exact) mass is 262 g/mol. The summed E-state index contributed by atoms with van der Waals surface area (Å²) in [7, 11) is 1.73. The van der Waals surface area contributed by atoms with E-state index in [1.165, 1.54) is 12.3 Å². The van der Waals surface area contributed by atoms with Crippen LogP contribution in [0.3, 0.4) is 0 Å². The number of allylic oxidation sites excluding steroid dienone is 1. The second-order valence-corrected chi connectivity index (χ2v) is 4.24. The highest BCUT2D eigenvalue weighted by Gasteiger charge is 2.07. The number of carbonyl (C=O) groups is 1. The third kappa shape index (κ3) is 2.78. The lowest BCUT2D eigenvalue weighted by Crippen LogP contribution is -1.95. The van der Waals surface area contributed by atoms with Gasteiger partial charge in [-0.1, -0.05) is 11.6 Å². The normalized spacial score (nSPS) is 11.6. The maximum absolute atomic E-state index is 11.8. The number of aliphatic hydroxyl groups excluding tert-OH is 1. The van der Waals surface area contributed by atoms with E-state index in [1.807, 2.05) is 0 Å². The lowest BCUT2D eigenvalue weighted by molar-refractivity contribution is 0.104. The van der Waals surface area contributed by atoms with Crippen molar-refractivity contribution in [3.63, 3.8) is 0 Å². The van der Waals surface area contributed by atoms with Gasteiger partial charge in [0.25, 0.3) is 0 Å². The Bertz CT molecular complexity index is 600. The van der Waals surface area contributed by atoms with Crippen LogP contribution in [-0.4, -0.2) is 20.7 Å². The predicted octanol–water partition coefficient (Wildman–Crippen LogP) is 2.86. The Hall–Kier alpha value is -2.07. The van der Waals surface area contributed by atoms with Gasteiger partial charge < -0.3 is 5.11 Å². The predicted molar refractivity (Wildman–Crippen MR) is 69.6 cm³/mol. The number of aliphatic hydroxyl groups is 1. The molecule has 1 aromatic carbocycles. The third-order valence-corrected chi connectivity index (χ3v) is 2.65. The fourth-order valence-corrected chi connectivity index (χ4v) is 1.58. The minimum absolute atomic E-state index is 0.108. The number of nitrogens with zero attached hydrogens (tertiary/aromatic N) is 2. The first-order valence-electron chi connectivity index (χ1n) is 5.26. The molecule has 5 heteroatoms. The number of rotatable bonds is 3. The van der Waals surface area contributed by atoms with Crippen molar-refractivity contribution in [2.45, 2.75) is 0 Å². The van der Waals surface area contributed by atoms with Crippen molar-refractivity contribution in [3.8, 4) is 0 Å². The van der Waals surface area contributed by atoms with Gasteiger partial charge in [-0.3, -0.25) is 9.48 Å². The summed E-state index contributed by atoms with van der Waals surface area (Å²) < 4.78 is 1.55. The summed E-state index contributed by atoms with van der Waals surface area (Å²) in [5.41, 5.74) is 0.967. The number of ketones is 1. The van der Waals surface area contributed by atoms with E-state index in [4.69, 9.17) is 11.6 Å². The summed E-state index contributed by atoms with van der Waals surface area (Å²) in [5.74, 6) is -0.393. The Balaban J connectivity index is 2.22. The van der Waals surface area contributed by atoms with Crippen LogP contribution in [0.15, 0.2) is 42.7 Å². The highest BCUT2D eigenvalue weighted by atomic mass is 35.5. The molecule has 2 aromatic rings. The smallest absolute Gasteiger partial charge is 0.189 e. The van der Waals surface area contributed by atoms with Crippen molar-refractivity contribution in [2.24, 2.45) is 7.05 Å². The van der Waals surface area contributed by atoms with Crippen LogP contribution in [0.1, 0.15) is 15.9 Å². The molecule has 0 saturated heterocycles. The molecule has 1 N–H and O–H groups in total. The summed E-state index contributed by atoms with van der Waals surface area (Å²) >= 11 is 5.73. The Morgan fingerprint density at radius 1 is 1.33 bits per heavy atom. The van der Waals surface area contributed by atoms with Gasteiger partial charge in [-0.15, -0.1) is 0 Å². The van der Waals surface area contributed by atoms with E-state index < -0.39 is 0 Å². The Kier molecular flexibility index (Phi) is 3.48.